The second-order valence-corrected chi connectivity index (χ2v) is 4.16. The third kappa shape index (κ3) is 4.39. The zero-order chi connectivity index (χ0) is 16.0. The van der Waals surface area contributed by atoms with Crippen molar-refractivity contribution in [1.82, 2.24) is 4.90 Å². The summed E-state index contributed by atoms with van der Waals surface area (Å²) in [5.74, 6) is -3.13. The highest BCUT2D eigenvalue weighted by Crippen LogP contribution is 2.09. The first-order chi connectivity index (χ1) is 9.86. The van der Waals surface area contributed by atoms with Crippen molar-refractivity contribution in [3.63, 3.8) is 0 Å². The molecule has 0 aliphatic rings. The molecule has 1 aromatic carbocycles. The van der Waals surface area contributed by atoms with E-state index in [-0.39, 0.29) is 18.7 Å². The van der Waals surface area contributed by atoms with Crippen LogP contribution in [0.5, 0.6) is 0 Å². The van der Waals surface area contributed by atoms with Crippen LogP contribution < -0.4 is 16.8 Å². The summed E-state index contributed by atoms with van der Waals surface area (Å²) < 4.78 is 0. The van der Waals surface area contributed by atoms with Crippen LogP contribution in [-0.4, -0.2) is 41.6 Å². The molecule has 0 heterocycles. The maximum atomic E-state index is 11.8. The Bertz CT molecular complexity index is 568. The molecule has 8 nitrogen and oxygen atoms in total. The summed E-state index contributed by atoms with van der Waals surface area (Å²) in [5.41, 5.74) is 10.9. The van der Waals surface area contributed by atoms with E-state index < -0.39 is 23.6 Å². The molecule has 21 heavy (non-hydrogen) atoms. The summed E-state index contributed by atoms with van der Waals surface area (Å²) in [6.07, 6.45) is 0. The summed E-state index contributed by atoms with van der Waals surface area (Å²) >= 11 is 0. The summed E-state index contributed by atoms with van der Waals surface area (Å²) in [5, 5.41) is 2.33. The molecule has 0 aliphatic heterocycles. The molecule has 0 saturated carbocycles. The molecule has 5 N–H and O–H groups in total. The van der Waals surface area contributed by atoms with Crippen molar-refractivity contribution < 1.29 is 19.2 Å². The van der Waals surface area contributed by atoms with Crippen LogP contribution in [0.1, 0.15) is 17.3 Å². The molecule has 0 atom stereocenters. The highest BCUT2D eigenvalue weighted by Gasteiger charge is 2.24. The standard InChI is InChI=1S/C13H16N4O4/c1-8(18)17(7-6-14)13(21)12(20)16-10-4-2-9(3-5-10)11(15)19/h2-5H,6-7,14H2,1H3,(H2,15,19)(H,16,20). The average molecular weight is 292 g/mol. The maximum absolute atomic E-state index is 11.8. The number of hydrogen-bond donors (Lipinski definition) is 3. The normalized spacial score (nSPS) is 9.81. The number of imide groups is 1. The Morgan fingerprint density at radius 2 is 1.71 bits per heavy atom. The van der Waals surface area contributed by atoms with Crippen LogP contribution in [-0.2, 0) is 14.4 Å². The lowest BCUT2D eigenvalue weighted by molar-refractivity contribution is -0.149. The summed E-state index contributed by atoms with van der Waals surface area (Å²) in [7, 11) is 0. The number of nitrogens with zero attached hydrogens (tertiary/aromatic N) is 1. The minimum absolute atomic E-state index is 0.0395. The van der Waals surface area contributed by atoms with Gasteiger partial charge in [0, 0.05) is 31.3 Å². The number of carbonyl (C=O) groups is 4. The van der Waals surface area contributed by atoms with E-state index in [9.17, 15) is 19.2 Å². The molecule has 0 spiro atoms. The molecular formula is C13H16N4O4. The lowest BCUT2D eigenvalue weighted by Crippen LogP contribution is -2.44. The molecule has 0 aromatic heterocycles. The van der Waals surface area contributed by atoms with Crippen molar-refractivity contribution in [2.75, 3.05) is 18.4 Å². The van der Waals surface area contributed by atoms with Gasteiger partial charge in [0.25, 0.3) is 0 Å². The molecule has 1 aromatic rings. The van der Waals surface area contributed by atoms with Crippen molar-refractivity contribution >= 4 is 29.3 Å². The van der Waals surface area contributed by atoms with Crippen molar-refractivity contribution in [2.24, 2.45) is 11.5 Å². The smallest absolute Gasteiger partial charge is 0.318 e. The largest absolute Gasteiger partial charge is 0.366 e. The third-order valence-corrected chi connectivity index (χ3v) is 2.60. The van der Waals surface area contributed by atoms with Crippen molar-refractivity contribution in [2.45, 2.75) is 6.92 Å². The second kappa shape index (κ2) is 7.15. The molecule has 0 fully saturated rings. The number of primary amides is 1. The summed E-state index contributed by atoms with van der Waals surface area (Å²) in [6, 6.07) is 5.66. The molecular weight excluding hydrogens is 276 g/mol. The van der Waals surface area contributed by atoms with Crippen molar-refractivity contribution in [3.05, 3.63) is 29.8 Å². The minimum atomic E-state index is -0.994. The molecule has 112 valence electrons. The van der Waals surface area contributed by atoms with Crippen LogP contribution in [0.25, 0.3) is 0 Å². The summed E-state index contributed by atoms with van der Waals surface area (Å²) in [6.45, 7) is 1.19. The predicted molar refractivity (Wildman–Crippen MR) is 75.0 cm³/mol. The fraction of sp³-hybridized carbons (Fsp3) is 0.231. The van der Waals surface area contributed by atoms with Crippen molar-refractivity contribution in [1.29, 1.82) is 0 Å². The van der Waals surface area contributed by atoms with E-state index in [2.05, 4.69) is 5.32 Å². The molecule has 0 saturated heterocycles. The number of benzene rings is 1. The van der Waals surface area contributed by atoms with Gasteiger partial charge < -0.3 is 16.8 Å². The Kier molecular flexibility index (Phi) is 5.56. The number of amides is 4. The van der Waals surface area contributed by atoms with Gasteiger partial charge in [-0.15, -0.1) is 0 Å². The van der Waals surface area contributed by atoms with Gasteiger partial charge >= 0.3 is 11.8 Å². The van der Waals surface area contributed by atoms with Gasteiger partial charge in [-0.3, -0.25) is 24.1 Å². The van der Waals surface area contributed by atoms with Crippen LogP contribution in [0.15, 0.2) is 24.3 Å². The van der Waals surface area contributed by atoms with Crippen molar-refractivity contribution in [3.8, 4) is 0 Å². The maximum Gasteiger partial charge on any atom is 0.318 e. The highest BCUT2D eigenvalue weighted by molar-refractivity contribution is 6.41. The van der Waals surface area contributed by atoms with Gasteiger partial charge in [0.15, 0.2) is 0 Å². The number of nitrogens with one attached hydrogen (secondary N) is 1. The van der Waals surface area contributed by atoms with Gasteiger partial charge in [-0.05, 0) is 24.3 Å². The zero-order valence-corrected chi connectivity index (χ0v) is 11.5. The molecule has 1 rings (SSSR count). The zero-order valence-electron chi connectivity index (χ0n) is 11.5. The van der Waals surface area contributed by atoms with E-state index in [0.29, 0.717) is 5.69 Å². The van der Waals surface area contributed by atoms with Crippen LogP contribution in [0.2, 0.25) is 0 Å². The van der Waals surface area contributed by atoms with E-state index in [1.54, 1.807) is 0 Å². The van der Waals surface area contributed by atoms with E-state index in [1.165, 1.54) is 31.2 Å². The molecule has 0 aliphatic carbocycles. The fourth-order valence-electron chi connectivity index (χ4n) is 1.56. The van der Waals surface area contributed by atoms with Gasteiger partial charge in [-0.2, -0.15) is 0 Å². The quantitative estimate of drug-likeness (QED) is 0.615. The van der Waals surface area contributed by atoms with Gasteiger partial charge in [0.1, 0.15) is 0 Å². The number of rotatable bonds is 4. The molecule has 4 amide bonds. The lowest BCUT2D eigenvalue weighted by Gasteiger charge is -2.17. The monoisotopic (exact) mass is 292 g/mol. The Labute approximate surface area is 121 Å². The molecule has 8 heteroatoms. The molecule has 0 bridgehead atoms. The first-order valence-corrected chi connectivity index (χ1v) is 6.10. The lowest BCUT2D eigenvalue weighted by atomic mass is 10.2. The first-order valence-electron chi connectivity index (χ1n) is 6.10. The van der Waals surface area contributed by atoms with Gasteiger partial charge in [-0.25, -0.2) is 0 Å². The Hall–Kier alpha value is -2.74. The average Bonchev–Trinajstić information content (AvgIpc) is 2.44. The Morgan fingerprint density at radius 1 is 1.14 bits per heavy atom. The van der Waals surface area contributed by atoms with Gasteiger partial charge in [0.2, 0.25) is 11.8 Å². The first kappa shape index (κ1) is 16.3. The Balaban J connectivity index is 2.77. The van der Waals surface area contributed by atoms with Crippen LogP contribution in [0.3, 0.4) is 0 Å². The number of carbonyl (C=O) groups excluding carboxylic acids is 4. The molecule has 0 radical (unpaired) electrons. The minimum Gasteiger partial charge on any atom is -0.366 e. The van der Waals surface area contributed by atoms with Gasteiger partial charge in [0.05, 0.1) is 0 Å². The third-order valence-electron chi connectivity index (χ3n) is 2.60. The van der Waals surface area contributed by atoms with E-state index in [4.69, 9.17) is 11.5 Å². The fourth-order valence-corrected chi connectivity index (χ4v) is 1.56. The number of anilines is 1. The number of hydrogen-bond acceptors (Lipinski definition) is 5. The molecule has 0 unspecified atom stereocenters. The predicted octanol–water partition coefficient (Wildman–Crippen LogP) is -0.942. The van der Waals surface area contributed by atoms with Crippen LogP contribution >= 0.6 is 0 Å². The summed E-state index contributed by atoms with van der Waals surface area (Å²) in [4.78, 5) is 46.5. The van der Waals surface area contributed by atoms with E-state index >= 15 is 0 Å². The van der Waals surface area contributed by atoms with Gasteiger partial charge in [-0.1, -0.05) is 0 Å². The van der Waals surface area contributed by atoms with Crippen LogP contribution in [0.4, 0.5) is 5.69 Å². The highest BCUT2D eigenvalue weighted by atomic mass is 16.2. The van der Waals surface area contributed by atoms with E-state index in [0.717, 1.165) is 4.90 Å². The second-order valence-electron chi connectivity index (χ2n) is 4.16. The van der Waals surface area contributed by atoms with E-state index in [1.807, 2.05) is 0 Å². The van der Waals surface area contributed by atoms with Crippen LogP contribution in [0, 0.1) is 0 Å². The topological polar surface area (TPSA) is 136 Å². The number of nitrogens with two attached hydrogens (primary N) is 2. The Morgan fingerprint density at radius 3 is 2.14 bits per heavy atom. The SMILES string of the molecule is CC(=O)N(CCN)C(=O)C(=O)Nc1ccc(C(N)=O)cc1.